The number of amides is 1. The van der Waals surface area contributed by atoms with Crippen LogP contribution in [0, 0.1) is 0 Å². The van der Waals surface area contributed by atoms with Gasteiger partial charge in [0.15, 0.2) is 0 Å². The van der Waals surface area contributed by atoms with Crippen LogP contribution >= 0.6 is 0 Å². The molecule has 0 radical (unpaired) electrons. The Kier molecular flexibility index (Phi) is 4.24. The fourth-order valence-corrected chi connectivity index (χ4v) is 1.41. The van der Waals surface area contributed by atoms with Crippen molar-refractivity contribution in [3.05, 3.63) is 48.8 Å². The lowest BCUT2D eigenvalue weighted by Gasteiger charge is -2.05. The number of carbonyl (C=O) groups excluding carboxylic acids is 1. The summed E-state index contributed by atoms with van der Waals surface area (Å²) in [4.78, 5) is 19.7. The highest BCUT2D eigenvalue weighted by atomic mass is 16.1. The van der Waals surface area contributed by atoms with Gasteiger partial charge in [-0.05, 0) is 24.3 Å². The van der Waals surface area contributed by atoms with Crippen molar-refractivity contribution in [2.45, 2.75) is 6.42 Å². The number of pyridine rings is 2. The van der Waals surface area contributed by atoms with E-state index in [1.807, 2.05) is 24.3 Å². The van der Waals surface area contributed by atoms with E-state index in [2.05, 4.69) is 20.6 Å². The zero-order valence-corrected chi connectivity index (χ0v) is 9.84. The highest BCUT2D eigenvalue weighted by Gasteiger charge is 2.02. The first kappa shape index (κ1) is 12.0. The molecule has 0 aliphatic rings. The van der Waals surface area contributed by atoms with Gasteiger partial charge in [-0.3, -0.25) is 4.79 Å². The van der Waals surface area contributed by atoms with Gasteiger partial charge in [0.2, 0.25) is 5.91 Å². The first-order chi connectivity index (χ1) is 8.84. The standard InChI is InChI=1S/C13H14N4O/c18-13(17-12-6-2-4-9-15-12)7-10-16-11-5-1-3-8-14-11/h1-6,8-9H,7,10H2,(H,14,16)(H,15,17,18). The second-order valence-corrected chi connectivity index (χ2v) is 3.65. The van der Waals surface area contributed by atoms with Crippen LogP contribution in [0.2, 0.25) is 0 Å². The molecular weight excluding hydrogens is 228 g/mol. The maximum Gasteiger partial charge on any atom is 0.227 e. The zero-order valence-electron chi connectivity index (χ0n) is 9.84. The fraction of sp³-hybridized carbons (Fsp3) is 0.154. The molecule has 2 aromatic heterocycles. The molecule has 92 valence electrons. The molecule has 0 atom stereocenters. The van der Waals surface area contributed by atoms with Gasteiger partial charge in [0.25, 0.3) is 0 Å². The van der Waals surface area contributed by atoms with Gasteiger partial charge in [0, 0.05) is 25.4 Å². The summed E-state index contributed by atoms with van der Waals surface area (Å²) in [6, 6.07) is 11.0. The molecular formula is C13H14N4O. The lowest BCUT2D eigenvalue weighted by atomic mass is 10.3. The normalized spacial score (nSPS) is 9.78. The highest BCUT2D eigenvalue weighted by Crippen LogP contribution is 2.02. The average Bonchev–Trinajstić information content (AvgIpc) is 2.41. The average molecular weight is 242 g/mol. The van der Waals surface area contributed by atoms with Crippen LogP contribution in [0.3, 0.4) is 0 Å². The molecule has 18 heavy (non-hydrogen) atoms. The number of hydrogen-bond donors (Lipinski definition) is 2. The van der Waals surface area contributed by atoms with Crippen molar-refractivity contribution in [2.75, 3.05) is 17.2 Å². The quantitative estimate of drug-likeness (QED) is 0.840. The van der Waals surface area contributed by atoms with Crippen LogP contribution < -0.4 is 10.6 Å². The Bertz CT molecular complexity index is 487. The van der Waals surface area contributed by atoms with Crippen LogP contribution in [-0.2, 0) is 4.79 Å². The molecule has 5 heteroatoms. The molecule has 2 N–H and O–H groups in total. The van der Waals surface area contributed by atoms with E-state index in [1.54, 1.807) is 24.5 Å². The molecule has 0 aliphatic carbocycles. The minimum Gasteiger partial charge on any atom is -0.370 e. The summed E-state index contributed by atoms with van der Waals surface area (Å²) in [6.07, 6.45) is 3.71. The largest absolute Gasteiger partial charge is 0.370 e. The smallest absolute Gasteiger partial charge is 0.227 e. The van der Waals surface area contributed by atoms with Gasteiger partial charge in [0.05, 0.1) is 0 Å². The second kappa shape index (κ2) is 6.34. The van der Waals surface area contributed by atoms with E-state index < -0.39 is 0 Å². The number of hydrogen-bond acceptors (Lipinski definition) is 4. The molecule has 5 nitrogen and oxygen atoms in total. The summed E-state index contributed by atoms with van der Waals surface area (Å²) in [5.41, 5.74) is 0. The lowest BCUT2D eigenvalue weighted by Crippen LogP contribution is -2.17. The third kappa shape index (κ3) is 3.86. The summed E-state index contributed by atoms with van der Waals surface area (Å²) < 4.78 is 0. The zero-order chi connectivity index (χ0) is 12.6. The number of carbonyl (C=O) groups is 1. The summed E-state index contributed by atoms with van der Waals surface area (Å²) in [5.74, 6) is 1.26. The van der Waals surface area contributed by atoms with Gasteiger partial charge in [-0.1, -0.05) is 12.1 Å². The predicted octanol–water partition coefficient (Wildman–Crippen LogP) is 1.92. The number of nitrogens with one attached hydrogen (secondary N) is 2. The van der Waals surface area contributed by atoms with E-state index >= 15 is 0 Å². The monoisotopic (exact) mass is 242 g/mol. The minimum absolute atomic E-state index is 0.0721. The Balaban J connectivity index is 1.73. The minimum atomic E-state index is -0.0721. The molecule has 0 aliphatic heterocycles. The highest BCUT2D eigenvalue weighted by molar-refractivity contribution is 5.89. The van der Waals surface area contributed by atoms with E-state index in [0.717, 1.165) is 5.82 Å². The van der Waals surface area contributed by atoms with Gasteiger partial charge in [0.1, 0.15) is 11.6 Å². The van der Waals surface area contributed by atoms with Crippen molar-refractivity contribution in [2.24, 2.45) is 0 Å². The third-order valence-corrected chi connectivity index (χ3v) is 2.26. The maximum absolute atomic E-state index is 11.6. The molecule has 2 aromatic rings. The van der Waals surface area contributed by atoms with Gasteiger partial charge >= 0.3 is 0 Å². The van der Waals surface area contributed by atoms with Crippen LogP contribution in [0.25, 0.3) is 0 Å². The van der Waals surface area contributed by atoms with Crippen molar-refractivity contribution in [1.82, 2.24) is 9.97 Å². The van der Waals surface area contributed by atoms with Crippen molar-refractivity contribution < 1.29 is 4.79 Å². The van der Waals surface area contributed by atoms with Crippen molar-refractivity contribution in [1.29, 1.82) is 0 Å². The van der Waals surface area contributed by atoms with Crippen molar-refractivity contribution >= 4 is 17.5 Å². The van der Waals surface area contributed by atoms with E-state index in [4.69, 9.17) is 0 Å². The third-order valence-electron chi connectivity index (χ3n) is 2.26. The van der Waals surface area contributed by atoms with Crippen LogP contribution in [0.15, 0.2) is 48.8 Å². The van der Waals surface area contributed by atoms with E-state index in [0.29, 0.717) is 18.8 Å². The SMILES string of the molecule is O=C(CCNc1ccccn1)Nc1ccccn1. The second-order valence-electron chi connectivity index (χ2n) is 3.65. The lowest BCUT2D eigenvalue weighted by molar-refractivity contribution is -0.116. The van der Waals surface area contributed by atoms with Crippen LogP contribution in [-0.4, -0.2) is 22.4 Å². The summed E-state index contributed by atoms with van der Waals surface area (Å²) in [7, 11) is 0. The van der Waals surface area contributed by atoms with Crippen LogP contribution in [0.4, 0.5) is 11.6 Å². The summed E-state index contributed by atoms with van der Waals surface area (Å²) in [5, 5.41) is 5.79. The molecule has 1 amide bonds. The number of anilines is 2. The molecule has 2 rings (SSSR count). The first-order valence-corrected chi connectivity index (χ1v) is 5.70. The summed E-state index contributed by atoms with van der Waals surface area (Å²) >= 11 is 0. The molecule has 0 aromatic carbocycles. The molecule has 0 fully saturated rings. The number of rotatable bonds is 5. The number of aromatic nitrogens is 2. The predicted molar refractivity (Wildman–Crippen MR) is 70.2 cm³/mol. The first-order valence-electron chi connectivity index (χ1n) is 5.70. The van der Waals surface area contributed by atoms with Gasteiger partial charge in [-0.2, -0.15) is 0 Å². The van der Waals surface area contributed by atoms with Crippen molar-refractivity contribution in [3.8, 4) is 0 Å². The molecule has 0 saturated carbocycles. The van der Waals surface area contributed by atoms with Crippen LogP contribution in [0.1, 0.15) is 6.42 Å². The molecule has 0 bridgehead atoms. The molecule has 0 spiro atoms. The Hall–Kier alpha value is -2.43. The Morgan fingerprint density at radius 3 is 2.28 bits per heavy atom. The summed E-state index contributed by atoms with van der Waals surface area (Å²) in [6.45, 7) is 0.537. The van der Waals surface area contributed by atoms with Gasteiger partial charge in [-0.15, -0.1) is 0 Å². The van der Waals surface area contributed by atoms with Crippen molar-refractivity contribution in [3.63, 3.8) is 0 Å². The number of nitrogens with zero attached hydrogens (tertiary/aromatic N) is 2. The molecule has 0 saturated heterocycles. The Morgan fingerprint density at radius 1 is 1.00 bits per heavy atom. The topological polar surface area (TPSA) is 66.9 Å². The fourth-order valence-electron chi connectivity index (χ4n) is 1.41. The van der Waals surface area contributed by atoms with E-state index in [9.17, 15) is 4.79 Å². The molecule has 2 heterocycles. The Labute approximate surface area is 105 Å². The van der Waals surface area contributed by atoms with Crippen LogP contribution in [0.5, 0.6) is 0 Å². The van der Waals surface area contributed by atoms with E-state index in [-0.39, 0.29) is 5.91 Å². The molecule has 0 unspecified atom stereocenters. The van der Waals surface area contributed by atoms with E-state index in [1.165, 1.54) is 0 Å². The van der Waals surface area contributed by atoms with Gasteiger partial charge < -0.3 is 10.6 Å². The van der Waals surface area contributed by atoms with Gasteiger partial charge in [-0.25, -0.2) is 9.97 Å². The Morgan fingerprint density at radius 2 is 1.67 bits per heavy atom. The maximum atomic E-state index is 11.6.